The first-order chi connectivity index (χ1) is 12.5. The maximum Gasteiger partial charge on any atom is 0.338 e. The van der Waals surface area contributed by atoms with Crippen LogP contribution < -0.4 is 0 Å². The van der Waals surface area contributed by atoms with Crippen LogP contribution in [0, 0.1) is 5.82 Å². The van der Waals surface area contributed by atoms with E-state index in [1.54, 1.807) is 27.8 Å². The van der Waals surface area contributed by atoms with Gasteiger partial charge in [-0.2, -0.15) is 5.10 Å². The predicted molar refractivity (Wildman–Crippen MR) is 91.6 cm³/mol. The highest BCUT2D eigenvalue weighted by atomic mass is 19.1. The average molecular weight is 356 g/mol. The largest absolute Gasteiger partial charge is 0.478 e. The molecule has 2 N–H and O–H groups in total. The molecule has 8 heteroatoms. The number of aromatic nitrogens is 3. The van der Waals surface area contributed by atoms with Crippen molar-refractivity contribution in [1.29, 1.82) is 0 Å². The summed E-state index contributed by atoms with van der Waals surface area (Å²) in [6.45, 7) is 1.06. The van der Waals surface area contributed by atoms with Gasteiger partial charge in [-0.05, 0) is 31.0 Å². The van der Waals surface area contributed by atoms with Crippen molar-refractivity contribution in [3.8, 4) is 0 Å². The fraction of sp³-hybridized carbons (Fsp3) is 0.278. The molecular weight excluding hydrogens is 339 g/mol. The van der Waals surface area contributed by atoms with Gasteiger partial charge in [0, 0.05) is 30.2 Å². The quantitative estimate of drug-likeness (QED) is 0.755. The number of likely N-dealkylation sites (tertiary alicyclic amines) is 1. The molecule has 1 saturated heterocycles. The number of carboxylic acids is 1. The first-order valence-electron chi connectivity index (χ1n) is 8.37. The molecule has 0 aliphatic carbocycles. The van der Waals surface area contributed by atoms with Gasteiger partial charge in [0.2, 0.25) is 0 Å². The number of carbonyl (C=O) groups excluding carboxylic acids is 1. The zero-order valence-corrected chi connectivity index (χ0v) is 13.9. The van der Waals surface area contributed by atoms with Crippen molar-refractivity contribution in [2.24, 2.45) is 0 Å². The fourth-order valence-electron chi connectivity index (χ4n) is 3.39. The Hall–Kier alpha value is -3.16. The lowest BCUT2D eigenvalue weighted by molar-refractivity contribution is 0.0684. The molecule has 1 aliphatic heterocycles. The lowest BCUT2D eigenvalue weighted by Gasteiger charge is -2.31. The Morgan fingerprint density at radius 1 is 1.27 bits per heavy atom. The molecule has 26 heavy (non-hydrogen) atoms. The third kappa shape index (κ3) is 2.83. The van der Waals surface area contributed by atoms with E-state index in [2.05, 4.69) is 10.1 Å². The molecule has 1 amide bonds. The van der Waals surface area contributed by atoms with Gasteiger partial charge >= 0.3 is 5.97 Å². The summed E-state index contributed by atoms with van der Waals surface area (Å²) in [6.07, 6.45) is 4.21. The lowest BCUT2D eigenvalue weighted by atomic mass is 10.0. The van der Waals surface area contributed by atoms with Crippen molar-refractivity contribution in [3.63, 3.8) is 0 Å². The highest BCUT2D eigenvalue weighted by Crippen LogP contribution is 2.25. The minimum absolute atomic E-state index is 0.0623. The number of fused-ring (bicyclic) bond motifs is 1. The number of halogens is 1. The van der Waals surface area contributed by atoms with Gasteiger partial charge < -0.3 is 15.0 Å². The van der Waals surface area contributed by atoms with Gasteiger partial charge in [0.15, 0.2) is 0 Å². The van der Waals surface area contributed by atoms with E-state index >= 15 is 0 Å². The van der Waals surface area contributed by atoms with Crippen molar-refractivity contribution in [2.45, 2.75) is 18.9 Å². The molecule has 1 fully saturated rings. The van der Waals surface area contributed by atoms with Gasteiger partial charge in [-0.25, -0.2) is 9.18 Å². The highest BCUT2D eigenvalue weighted by Gasteiger charge is 2.26. The molecular formula is C18H17FN4O3. The smallest absolute Gasteiger partial charge is 0.338 e. The molecule has 3 aromatic rings. The molecule has 0 spiro atoms. The summed E-state index contributed by atoms with van der Waals surface area (Å²) in [5, 5.41) is 13.5. The maximum absolute atomic E-state index is 13.8. The van der Waals surface area contributed by atoms with Crippen molar-refractivity contribution >= 4 is 22.8 Å². The van der Waals surface area contributed by atoms with Crippen molar-refractivity contribution in [1.82, 2.24) is 19.7 Å². The lowest BCUT2D eigenvalue weighted by Crippen LogP contribution is -2.39. The summed E-state index contributed by atoms with van der Waals surface area (Å²) in [6, 6.07) is 6.31. The summed E-state index contributed by atoms with van der Waals surface area (Å²) in [7, 11) is 0. The fourth-order valence-corrected chi connectivity index (χ4v) is 3.39. The monoisotopic (exact) mass is 356 g/mol. The summed E-state index contributed by atoms with van der Waals surface area (Å²) in [5.74, 6) is -1.52. The maximum atomic E-state index is 13.8. The number of nitrogens with one attached hydrogen (secondary N) is 1. The van der Waals surface area contributed by atoms with Crippen LogP contribution in [0.4, 0.5) is 4.39 Å². The molecule has 4 rings (SSSR count). The zero-order valence-electron chi connectivity index (χ0n) is 13.9. The summed E-state index contributed by atoms with van der Waals surface area (Å²) < 4.78 is 15.5. The molecule has 7 nitrogen and oxygen atoms in total. The first-order valence-corrected chi connectivity index (χ1v) is 8.37. The normalized spacial score (nSPS) is 15.5. The Labute approximate surface area is 148 Å². The van der Waals surface area contributed by atoms with E-state index in [0.29, 0.717) is 42.5 Å². The number of rotatable bonds is 3. The van der Waals surface area contributed by atoms with Crippen LogP contribution in [0.2, 0.25) is 0 Å². The van der Waals surface area contributed by atoms with Crippen LogP contribution >= 0.6 is 0 Å². The standard InChI is InChI=1S/C18H17FN4O3/c19-14-2-1-3-15-13(14)8-16(21-15)17(24)22-6-4-12(5-7-22)23-10-11(9-20-23)18(25)26/h1-3,8-10,12,21H,4-7H2,(H,25,26). The predicted octanol–water partition coefficient (Wildman–Crippen LogP) is 2.68. The first kappa shape index (κ1) is 16.3. The molecule has 0 atom stereocenters. The van der Waals surface area contributed by atoms with Crippen molar-refractivity contribution in [2.75, 3.05) is 13.1 Å². The third-order valence-electron chi connectivity index (χ3n) is 4.82. The minimum Gasteiger partial charge on any atom is -0.478 e. The minimum atomic E-state index is -1.00. The van der Waals surface area contributed by atoms with E-state index in [9.17, 15) is 14.0 Å². The van der Waals surface area contributed by atoms with Crippen molar-refractivity contribution in [3.05, 3.63) is 53.7 Å². The number of carboxylic acid groups (broad SMARTS) is 1. The summed E-state index contributed by atoms with van der Waals surface area (Å²) in [5.41, 5.74) is 1.13. The van der Waals surface area contributed by atoms with Crippen LogP contribution in [0.3, 0.4) is 0 Å². The number of aromatic carboxylic acids is 1. The second-order valence-corrected chi connectivity index (χ2v) is 6.42. The number of carbonyl (C=O) groups is 2. The molecule has 1 aromatic carbocycles. The number of nitrogens with zero attached hydrogens (tertiary/aromatic N) is 3. The van der Waals surface area contributed by atoms with Gasteiger partial charge in [0.05, 0.1) is 17.8 Å². The molecule has 2 aromatic heterocycles. The van der Waals surface area contributed by atoms with Crippen LogP contribution in [0.15, 0.2) is 36.7 Å². The Morgan fingerprint density at radius 2 is 2.04 bits per heavy atom. The number of H-pyrrole nitrogens is 1. The average Bonchev–Trinajstić information content (AvgIpc) is 3.29. The molecule has 0 bridgehead atoms. The van der Waals surface area contributed by atoms with Gasteiger partial charge in [-0.15, -0.1) is 0 Å². The van der Waals surface area contributed by atoms with Crippen LogP contribution in [0.1, 0.15) is 39.7 Å². The van der Waals surface area contributed by atoms with E-state index in [4.69, 9.17) is 5.11 Å². The van der Waals surface area contributed by atoms with Gasteiger partial charge in [-0.1, -0.05) is 6.07 Å². The van der Waals surface area contributed by atoms with Crippen LogP contribution in [0.25, 0.3) is 10.9 Å². The number of amides is 1. The molecule has 1 aliphatic rings. The molecule has 134 valence electrons. The number of piperidine rings is 1. The Kier molecular flexibility index (Phi) is 3.95. The second kappa shape index (κ2) is 6.29. The number of benzene rings is 1. The van der Waals surface area contributed by atoms with Crippen molar-refractivity contribution < 1.29 is 19.1 Å². The van der Waals surface area contributed by atoms with E-state index in [-0.39, 0.29) is 23.3 Å². The van der Waals surface area contributed by atoms with Crippen LogP contribution in [-0.4, -0.2) is 49.7 Å². The van der Waals surface area contributed by atoms with E-state index in [1.807, 2.05) is 0 Å². The number of hydrogen-bond acceptors (Lipinski definition) is 3. The summed E-state index contributed by atoms with van der Waals surface area (Å²) >= 11 is 0. The number of aromatic amines is 1. The molecule has 0 radical (unpaired) electrons. The van der Waals surface area contributed by atoms with E-state index in [0.717, 1.165) is 0 Å². The van der Waals surface area contributed by atoms with Crippen LogP contribution in [-0.2, 0) is 0 Å². The Morgan fingerprint density at radius 3 is 2.69 bits per heavy atom. The number of hydrogen-bond donors (Lipinski definition) is 2. The third-order valence-corrected chi connectivity index (χ3v) is 4.82. The molecule has 0 unspecified atom stereocenters. The Balaban J connectivity index is 1.45. The highest BCUT2D eigenvalue weighted by molar-refractivity contribution is 5.98. The topological polar surface area (TPSA) is 91.2 Å². The van der Waals surface area contributed by atoms with E-state index in [1.165, 1.54) is 18.5 Å². The van der Waals surface area contributed by atoms with Gasteiger partial charge in [0.25, 0.3) is 5.91 Å². The van der Waals surface area contributed by atoms with E-state index < -0.39 is 5.97 Å². The van der Waals surface area contributed by atoms with Gasteiger partial charge in [0.1, 0.15) is 11.5 Å². The van der Waals surface area contributed by atoms with Crippen LogP contribution in [0.5, 0.6) is 0 Å². The SMILES string of the molecule is O=C(O)c1cnn(C2CCN(C(=O)c3cc4c(F)cccc4[nH]3)CC2)c1. The second-order valence-electron chi connectivity index (χ2n) is 6.42. The Bertz CT molecular complexity index is 985. The zero-order chi connectivity index (χ0) is 18.3. The molecule has 3 heterocycles. The van der Waals surface area contributed by atoms with Gasteiger partial charge in [-0.3, -0.25) is 9.48 Å². The summed E-state index contributed by atoms with van der Waals surface area (Å²) in [4.78, 5) is 28.3. The molecule has 0 saturated carbocycles.